The number of nitrogens with one attached hydrogen (secondary N) is 1. The summed E-state index contributed by atoms with van der Waals surface area (Å²) in [6, 6.07) is 14.3. The molecule has 1 aliphatic rings. The summed E-state index contributed by atoms with van der Waals surface area (Å²) in [7, 11) is 2.08. The molecule has 6 nitrogen and oxygen atoms in total. The van der Waals surface area contributed by atoms with E-state index < -0.39 is 0 Å². The van der Waals surface area contributed by atoms with Gasteiger partial charge in [-0.15, -0.1) is 0 Å². The van der Waals surface area contributed by atoms with Crippen LogP contribution < -0.4 is 10.2 Å². The van der Waals surface area contributed by atoms with E-state index in [9.17, 15) is 4.79 Å². The van der Waals surface area contributed by atoms with Gasteiger partial charge < -0.3 is 15.1 Å². The van der Waals surface area contributed by atoms with E-state index in [2.05, 4.69) is 41.4 Å². The molecule has 0 unspecified atom stereocenters. The third-order valence-corrected chi connectivity index (χ3v) is 5.01. The summed E-state index contributed by atoms with van der Waals surface area (Å²) >= 11 is 0. The molecular formula is C20H23N5O. The van der Waals surface area contributed by atoms with Crippen molar-refractivity contribution in [2.75, 3.05) is 18.5 Å². The SMILES string of the molecule is C[C@H]1CN(C)c2ccccc2CN1C(=O)NCc1cnn2ccccc12. The first-order valence-corrected chi connectivity index (χ1v) is 8.88. The summed E-state index contributed by atoms with van der Waals surface area (Å²) in [6.45, 7) is 3.98. The maximum absolute atomic E-state index is 12.9. The van der Waals surface area contributed by atoms with Gasteiger partial charge in [0.1, 0.15) is 0 Å². The van der Waals surface area contributed by atoms with Crippen molar-refractivity contribution in [2.45, 2.75) is 26.1 Å². The van der Waals surface area contributed by atoms with Crippen LogP contribution in [0.25, 0.3) is 5.52 Å². The van der Waals surface area contributed by atoms with Crippen molar-refractivity contribution in [3.05, 3.63) is 66.0 Å². The Bertz CT molecular complexity index is 935. The Morgan fingerprint density at radius 1 is 1.23 bits per heavy atom. The van der Waals surface area contributed by atoms with Crippen molar-refractivity contribution >= 4 is 17.2 Å². The quantitative estimate of drug-likeness (QED) is 0.774. The van der Waals surface area contributed by atoms with E-state index in [-0.39, 0.29) is 12.1 Å². The van der Waals surface area contributed by atoms with Gasteiger partial charge in [-0.3, -0.25) is 0 Å². The maximum Gasteiger partial charge on any atom is 0.318 e. The van der Waals surface area contributed by atoms with E-state index in [4.69, 9.17) is 0 Å². The molecule has 3 aromatic rings. The Morgan fingerprint density at radius 2 is 2.04 bits per heavy atom. The first-order valence-electron chi connectivity index (χ1n) is 8.88. The van der Waals surface area contributed by atoms with E-state index in [1.54, 1.807) is 0 Å². The van der Waals surface area contributed by atoms with Gasteiger partial charge in [0.15, 0.2) is 0 Å². The summed E-state index contributed by atoms with van der Waals surface area (Å²) in [5.41, 5.74) is 4.39. The summed E-state index contributed by atoms with van der Waals surface area (Å²) < 4.78 is 1.82. The second-order valence-electron chi connectivity index (χ2n) is 6.85. The van der Waals surface area contributed by atoms with Gasteiger partial charge in [0, 0.05) is 50.2 Å². The van der Waals surface area contributed by atoms with Gasteiger partial charge in [0.05, 0.1) is 11.7 Å². The second-order valence-corrected chi connectivity index (χ2v) is 6.85. The van der Waals surface area contributed by atoms with E-state index in [1.807, 2.05) is 52.1 Å². The highest BCUT2D eigenvalue weighted by atomic mass is 16.2. The number of benzene rings is 1. The minimum Gasteiger partial charge on any atom is -0.372 e. The van der Waals surface area contributed by atoms with Gasteiger partial charge in [0.2, 0.25) is 0 Å². The zero-order valence-corrected chi connectivity index (χ0v) is 15.1. The predicted octanol–water partition coefficient (Wildman–Crippen LogP) is 2.88. The van der Waals surface area contributed by atoms with Crippen LogP contribution in [-0.2, 0) is 13.1 Å². The molecule has 3 heterocycles. The number of anilines is 1. The fourth-order valence-electron chi connectivity index (χ4n) is 3.62. The van der Waals surface area contributed by atoms with Crippen LogP contribution in [0.5, 0.6) is 0 Å². The minimum atomic E-state index is -0.0436. The molecule has 0 aliphatic carbocycles. The van der Waals surface area contributed by atoms with E-state index in [0.29, 0.717) is 13.1 Å². The first-order chi connectivity index (χ1) is 12.6. The second kappa shape index (κ2) is 6.71. The molecule has 2 aromatic heterocycles. The number of pyridine rings is 1. The Hall–Kier alpha value is -3.02. The van der Waals surface area contributed by atoms with Crippen LogP contribution in [-0.4, -0.2) is 40.2 Å². The standard InChI is InChI=1S/C20H23N5O/c1-15-13-23(2)18-8-4-3-7-16(18)14-24(15)20(26)21-11-17-12-22-25-10-6-5-9-19(17)25/h3-10,12,15H,11,13-14H2,1-2H3,(H,21,26)/t15-/m0/s1. The van der Waals surface area contributed by atoms with Gasteiger partial charge in [-0.05, 0) is 30.7 Å². The molecule has 2 amide bonds. The van der Waals surface area contributed by atoms with Crippen LogP contribution in [0.3, 0.4) is 0 Å². The molecule has 4 rings (SSSR count). The maximum atomic E-state index is 12.9. The van der Waals surface area contributed by atoms with Gasteiger partial charge in [-0.1, -0.05) is 24.3 Å². The van der Waals surface area contributed by atoms with Crippen molar-refractivity contribution in [3.63, 3.8) is 0 Å². The molecular weight excluding hydrogens is 326 g/mol. The highest BCUT2D eigenvalue weighted by Gasteiger charge is 2.26. The average molecular weight is 349 g/mol. The fraction of sp³-hybridized carbons (Fsp3) is 0.300. The lowest BCUT2D eigenvalue weighted by molar-refractivity contribution is 0.178. The van der Waals surface area contributed by atoms with Crippen molar-refractivity contribution < 1.29 is 4.79 Å². The summed E-state index contributed by atoms with van der Waals surface area (Å²) in [5.74, 6) is 0. The van der Waals surface area contributed by atoms with Crippen LogP contribution in [0.2, 0.25) is 0 Å². The Balaban J connectivity index is 1.50. The zero-order valence-electron chi connectivity index (χ0n) is 15.1. The number of fused-ring (bicyclic) bond motifs is 2. The van der Waals surface area contributed by atoms with Gasteiger partial charge in [0.25, 0.3) is 0 Å². The number of hydrogen-bond acceptors (Lipinski definition) is 3. The number of carbonyl (C=O) groups excluding carboxylic acids is 1. The third kappa shape index (κ3) is 2.98. The monoisotopic (exact) mass is 349 g/mol. The number of rotatable bonds is 2. The van der Waals surface area contributed by atoms with Crippen molar-refractivity contribution in [3.8, 4) is 0 Å². The van der Waals surface area contributed by atoms with Crippen LogP contribution in [0.4, 0.5) is 10.5 Å². The largest absolute Gasteiger partial charge is 0.372 e. The lowest BCUT2D eigenvalue weighted by Crippen LogP contribution is -2.46. The lowest BCUT2D eigenvalue weighted by atomic mass is 10.1. The molecule has 1 atom stereocenters. The van der Waals surface area contributed by atoms with E-state index >= 15 is 0 Å². The molecule has 0 fully saturated rings. The molecule has 0 saturated carbocycles. The number of aromatic nitrogens is 2. The predicted molar refractivity (Wildman–Crippen MR) is 102 cm³/mol. The van der Waals surface area contributed by atoms with Crippen molar-refractivity contribution in [2.24, 2.45) is 0 Å². The Kier molecular flexibility index (Phi) is 4.24. The summed E-state index contributed by atoms with van der Waals surface area (Å²) in [5, 5.41) is 7.39. The average Bonchev–Trinajstić information content (AvgIpc) is 3.01. The molecule has 0 saturated heterocycles. The van der Waals surface area contributed by atoms with Crippen molar-refractivity contribution in [1.82, 2.24) is 19.8 Å². The highest BCUT2D eigenvalue weighted by Crippen LogP contribution is 2.26. The molecule has 0 radical (unpaired) electrons. The minimum absolute atomic E-state index is 0.0436. The highest BCUT2D eigenvalue weighted by molar-refractivity contribution is 5.76. The van der Waals surface area contributed by atoms with Crippen LogP contribution >= 0.6 is 0 Å². The Morgan fingerprint density at radius 3 is 2.92 bits per heavy atom. The van der Waals surface area contributed by atoms with Gasteiger partial charge >= 0.3 is 6.03 Å². The number of nitrogens with zero attached hydrogens (tertiary/aromatic N) is 4. The number of urea groups is 1. The van der Waals surface area contributed by atoms with Crippen molar-refractivity contribution in [1.29, 1.82) is 0 Å². The molecule has 134 valence electrons. The molecule has 0 spiro atoms. The zero-order chi connectivity index (χ0) is 18.1. The fourth-order valence-corrected chi connectivity index (χ4v) is 3.62. The number of likely N-dealkylation sites (N-methyl/N-ethyl adjacent to an activating group) is 1. The number of amides is 2. The van der Waals surface area contributed by atoms with E-state index in [0.717, 1.165) is 17.6 Å². The topological polar surface area (TPSA) is 52.9 Å². The smallest absolute Gasteiger partial charge is 0.318 e. The number of hydrogen-bond donors (Lipinski definition) is 1. The first kappa shape index (κ1) is 16.4. The number of carbonyl (C=O) groups is 1. The Labute approximate surface area is 153 Å². The van der Waals surface area contributed by atoms with Crippen LogP contribution in [0.15, 0.2) is 54.9 Å². The molecule has 1 aromatic carbocycles. The third-order valence-electron chi connectivity index (χ3n) is 5.01. The van der Waals surface area contributed by atoms with Gasteiger partial charge in [-0.25, -0.2) is 9.31 Å². The van der Waals surface area contributed by atoms with Crippen LogP contribution in [0.1, 0.15) is 18.1 Å². The lowest BCUT2D eigenvalue weighted by Gasteiger charge is -2.28. The number of para-hydroxylation sites is 1. The molecule has 26 heavy (non-hydrogen) atoms. The molecule has 1 aliphatic heterocycles. The molecule has 0 bridgehead atoms. The summed E-state index contributed by atoms with van der Waals surface area (Å²) in [4.78, 5) is 17.0. The van der Waals surface area contributed by atoms with Gasteiger partial charge in [-0.2, -0.15) is 5.10 Å². The summed E-state index contributed by atoms with van der Waals surface area (Å²) in [6.07, 6.45) is 3.72. The normalized spacial score (nSPS) is 17.1. The molecule has 6 heteroatoms. The molecule has 1 N–H and O–H groups in total. The van der Waals surface area contributed by atoms with Crippen LogP contribution in [0, 0.1) is 0 Å². The van der Waals surface area contributed by atoms with E-state index in [1.165, 1.54) is 11.3 Å².